The second-order valence-corrected chi connectivity index (χ2v) is 4.66. The van der Waals surface area contributed by atoms with Crippen molar-refractivity contribution in [3.8, 4) is 12.1 Å². The van der Waals surface area contributed by atoms with E-state index in [1.807, 2.05) is 62.3 Å². The van der Waals surface area contributed by atoms with Gasteiger partial charge in [0.15, 0.2) is 0 Å². The Morgan fingerprint density at radius 1 is 0.778 bits per heavy atom. The Bertz CT molecular complexity index is 417. The lowest BCUT2D eigenvalue weighted by Gasteiger charge is -2.20. The molecule has 0 N–H and O–H groups in total. The largest absolute Gasteiger partial charge is 0.291 e. The lowest BCUT2D eigenvalue weighted by Crippen LogP contribution is -2.19. The first kappa shape index (κ1) is 14.2. The third kappa shape index (κ3) is 3.07. The van der Waals surface area contributed by atoms with Gasteiger partial charge in [-0.05, 0) is 39.3 Å². The maximum absolute atomic E-state index is 9.11. The summed E-state index contributed by atoms with van der Waals surface area (Å²) in [6.45, 7) is 0. The van der Waals surface area contributed by atoms with E-state index in [9.17, 15) is 0 Å². The summed E-state index contributed by atoms with van der Waals surface area (Å²) in [7, 11) is 7.50. The predicted molar refractivity (Wildman–Crippen MR) is 70.5 cm³/mol. The molecule has 1 aromatic carbocycles. The molecule has 4 nitrogen and oxygen atoms in total. The molecule has 0 spiro atoms. The van der Waals surface area contributed by atoms with E-state index in [0.717, 1.165) is 11.1 Å². The van der Waals surface area contributed by atoms with Gasteiger partial charge in [-0.2, -0.15) is 10.5 Å². The summed E-state index contributed by atoms with van der Waals surface area (Å²) in [6, 6.07) is 11.7. The van der Waals surface area contributed by atoms with Crippen molar-refractivity contribution in [2.24, 2.45) is 0 Å². The molecule has 1 aromatic rings. The molecule has 0 radical (unpaired) electrons. The molecule has 2 unspecified atom stereocenters. The fraction of sp³-hybridized carbons (Fsp3) is 0.429. The van der Waals surface area contributed by atoms with Gasteiger partial charge in [-0.15, -0.1) is 0 Å². The summed E-state index contributed by atoms with van der Waals surface area (Å²) in [4.78, 5) is 3.73. The van der Waals surface area contributed by atoms with E-state index in [4.69, 9.17) is 10.5 Å². The van der Waals surface area contributed by atoms with Crippen molar-refractivity contribution in [2.75, 3.05) is 28.2 Å². The van der Waals surface area contributed by atoms with Crippen LogP contribution >= 0.6 is 0 Å². The minimum Gasteiger partial charge on any atom is -0.291 e. The third-order valence-electron chi connectivity index (χ3n) is 2.85. The molecule has 0 heterocycles. The Morgan fingerprint density at radius 3 is 1.22 bits per heavy atom. The molecule has 0 aliphatic heterocycles. The minimum atomic E-state index is -0.251. The first-order valence-corrected chi connectivity index (χ1v) is 5.73. The van der Waals surface area contributed by atoms with E-state index in [1.165, 1.54) is 0 Å². The first-order chi connectivity index (χ1) is 8.51. The zero-order valence-corrected chi connectivity index (χ0v) is 11.3. The number of hydrogen-bond donors (Lipinski definition) is 0. The summed E-state index contributed by atoms with van der Waals surface area (Å²) >= 11 is 0. The first-order valence-electron chi connectivity index (χ1n) is 5.73. The van der Waals surface area contributed by atoms with Crippen molar-refractivity contribution in [3.05, 3.63) is 35.4 Å². The molecular formula is C14H18N4. The summed E-state index contributed by atoms with van der Waals surface area (Å²) in [6.07, 6.45) is 0. The van der Waals surface area contributed by atoms with Crippen LogP contribution in [0, 0.1) is 22.7 Å². The van der Waals surface area contributed by atoms with Gasteiger partial charge in [-0.25, -0.2) is 0 Å². The van der Waals surface area contributed by atoms with Gasteiger partial charge in [0.05, 0.1) is 12.1 Å². The number of rotatable bonds is 4. The number of benzene rings is 1. The second kappa shape index (κ2) is 6.16. The van der Waals surface area contributed by atoms with Crippen LogP contribution in [0.2, 0.25) is 0 Å². The minimum absolute atomic E-state index is 0.251. The molecule has 0 aromatic heterocycles. The lowest BCUT2D eigenvalue weighted by molar-refractivity contribution is 0.354. The fourth-order valence-corrected chi connectivity index (χ4v) is 1.84. The maximum Gasteiger partial charge on any atom is 0.123 e. The summed E-state index contributed by atoms with van der Waals surface area (Å²) in [5.74, 6) is 0. The van der Waals surface area contributed by atoms with Crippen LogP contribution in [0.1, 0.15) is 23.2 Å². The molecule has 1 rings (SSSR count). The molecule has 0 saturated carbocycles. The van der Waals surface area contributed by atoms with Crippen LogP contribution in [0.25, 0.3) is 0 Å². The molecular weight excluding hydrogens is 224 g/mol. The molecule has 0 fully saturated rings. The second-order valence-electron chi connectivity index (χ2n) is 4.66. The van der Waals surface area contributed by atoms with E-state index < -0.39 is 0 Å². The van der Waals surface area contributed by atoms with Crippen LogP contribution in [0.3, 0.4) is 0 Å². The van der Waals surface area contributed by atoms with Crippen molar-refractivity contribution in [2.45, 2.75) is 12.1 Å². The van der Waals surface area contributed by atoms with Crippen LogP contribution in [0.15, 0.2) is 24.3 Å². The zero-order chi connectivity index (χ0) is 13.7. The molecule has 2 atom stereocenters. The molecule has 94 valence electrons. The highest BCUT2D eigenvalue weighted by Gasteiger charge is 2.16. The maximum atomic E-state index is 9.11. The smallest absolute Gasteiger partial charge is 0.123 e. The molecule has 4 heteroatoms. The van der Waals surface area contributed by atoms with E-state index in [2.05, 4.69) is 12.1 Å². The van der Waals surface area contributed by atoms with Crippen molar-refractivity contribution in [1.82, 2.24) is 9.80 Å². The Kier molecular flexibility index (Phi) is 4.85. The third-order valence-corrected chi connectivity index (χ3v) is 2.85. The highest BCUT2D eigenvalue weighted by molar-refractivity contribution is 5.31. The van der Waals surface area contributed by atoms with E-state index in [0.29, 0.717) is 0 Å². The van der Waals surface area contributed by atoms with Crippen molar-refractivity contribution in [3.63, 3.8) is 0 Å². The highest BCUT2D eigenvalue weighted by atomic mass is 15.1. The molecule has 0 saturated heterocycles. The standard InChI is InChI=1S/C14H18N4/c1-17(2)13(9-15)11-5-7-12(8-6-11)14(10-16)18(3)4/h5-8,13-14H,1-4H3. The van der Waals surface area contributed by atoms with Gasteiger partial charge in [-0.3, -0.25) is 9.80 Å². The molecule has 0 aliphatic carbocycles. The molecule has 0 bridgehead atoms. The average molecular weight is 242 g/mol. The molecule has 0 aliphatic rings. The van der Waals surface area contributed by atoms with E-state index >= 15 is 0 Å². The topological polar surface area (TPSA) is 54.1 Å². The van der Waals surface area contributed by atoms with Crippen molar-refractivity contribution < 1.29 is 0 Å². The highest BCUT2D eigenvalue weighted by Crippen LogP contribution is 2.22. The molecule has 0 amide bonds. The Morgan fingerprint density at radius 2 is 1.06 bits per heavy atom. The zero-order valence-electron chi connectivity index (χ0n) is 11.3. The monoisotopic (exact) mass is 242 g/mol. The van der Waals surface area contributed by atoms with Crippen LogP contribution in [-0.2, 0) is 0 Å². The quantitative estimate of drug-likeness (QED) is 0.809. The Hall–Kier alpha value is -1.88. The van der Waals surface area contributed by atoms with Gasteiger partial charge in [0.25, 0.3) is 0 Å². The Balaban J connectivity index is 3.00. The van der Waals surface area contributed by atoms with E-state index in [1.54, 1.807) is 0 Å². The number of nitriles is 2. The van der Waals surface area contributed by atoms with Gasteiger partial charge in [0, 0.05) is 0 Å². The van der Waals surface area contributed by atoms with Gasteiger partial charge in [0.1, 0.15) is 12.1 Å². The van der Waals surface area contributed by atoms with Gasteiger partial charge >= 0.3 is 0 Å². The van der Waals surface area contributed by atoms with Crippen LogP contribution < -0.4 is 0 Å². The summed E-state index contributed by atoms with van der Waals surface area (Å²) in [5.41, 5.74) is 1.89. The van der Waals surface area contributed by atoms with Crippen LogP contribution in [0.4, 0.5) is 0 Å². The van der Waals surface area contributed by atoms with Gasteiger partial charge in [0.2, 0.25) is 0 Å². The normalized spacial score (nSPS) is 14.0. The van der Waals surface area contributed by atoms with Gasteiger partial charge < -0.3 is 0 Å². The number of nitrogens with zero attached hydrogens (tertiary/aromatic N) is 4. The fourth-order valence-electron chi connectivity index (χ4n) is 1.84. The van der Waals surface area contributed by atoms with Crippen molar-refractivity contribution in [1.29, 1.82) is 10.5 Å². The summed E-state index contributed by atoms with van der Waals surface area (Å²) in [5, 5.41) is 18.2. The van der Waals surface area contributed by atoms with Crippen LogP contribution in [-0.4, -0.2) is 38.0 Å². The predicted octanol–water partition coefficient (Wildman–Crippen LogP) is 1.94. The SMILES string of the molecule is CN(C)C(C#N)c1ccc(C(C#N)N(C)C)cc1. The Labute approximate surface area is 109 Å². The molecule has 18 heavy (non-hydrogen) atoms. The van der Waals surface area contributed by atoms with Crippen LogP contribution in [0.5, 0.6) is 0 Å². The lowest BCUT2D eigenvalue weighted by atomic mass is 10.0. The van der Waals surface area contributed by atoms with Gasteiger partial charge in [-0.1, -0.05) is 24.3 Å². The summed E-state index contributed by atoms with van der Waals surface area (Å²) < 4.78 is 0. The average Bonchev–Trinajstić information content (AvgIpc) is 2.32. The van der Waals surface area contributed by atoms with Crippen molar-refractivity contribution >= 4 is 0 Å². The van der Waals surface area contributed by atoms with E-state index in [-0.39, 0.29) is 12.1 Å². The number of hydrogen-bond acceptors (Lipinski definition) is 4.